The molecule has 0 amide bonds. The molecule has 0 unspecified atom stereocenters. The molecule has 0 N–H and O–H groups in total. The zero-order valence-corrected chi connectivity index (χ0v) is 14.0. The van der Waals surface area contributed by atoms with E-state index in [-0.39, 0.29) is 5.97 Å². The first-order valence-corrected chi connectivity index (χ1v) is 9.36. The summed E-state index contributed by atoms with van der Waals surface area (Å²) in [6.07, 6.45) is 8.40. The monoisotopic (exact) mass is 304 g/mol. The Bertz CT molecular complexity index is 222. The van der Waals surface area contributed by atoms with Crippen LogP contribution in [0.4, 0.5) is 0 Å². The number of hydrogen-bond acceptors (Lipinski definition) is 4. The lowest BCUT2D eigenvalue weighted by Crippen LogP contribution is -2.06. The molecule has 0 spiro atoms. The fraction of sp³-hybridized carbons (Fsp3) is 0.800. The van der Waals surface area contributed by atoms with Gasteiger partial charge >= 0.3 is 5.97 Å². The summed E-state index contributed by atoms with van der Waals surface area (Å²) in [6.45, 7) is 8.37. The first kappa shape index (κ1) is 18.9. The van der Waals surface area contributed by atoms with Crippen molar-refractivity contribution in [1.82, 2.24) is 0 Å². The molecule has 0 rings (SSSR count). The zero-order valence-electron chi connectivity index (χ0n) is 12.4. The smallest absolute Gasteiger partial charge is 0.330 e. The Kier molecular flexibility index (Phi) is 14.3. The van der Waals surface area contributed by atoms with E-state index in [9.17, 15) is 4.79 Å². The molecule has 112 valence electrons. The highest BCUT2D eigenvalue weighted by Crippen LogP contribution is 2.29. The summed E-state index contributed by atoms with van der Waals surface area (Å²) in [5.41, 5.74) is 0. The summed E-state index contributed by atoms with van der Waals surface area (Å²) < 4.78 is 5.67. The first-order chi connectivity index (χ1) is 9.24. The fourth-order valence-electron chi connectivity index (χ4n) is 1.41. The zero-order chi connectivity index (χ0) is 14.3. The second-order valence-electron chi connectivity index (χ2n) is 4.39. The Morgan fingerprint density at radius 2 is 1.74 bits per heavy atom. The quantitative estimate of drug-likeness (QED) is 0.209. The van der Waals surface area contributed by atoms with Crippen molar-refractivity contribution < 1.29 is 9.53 Å². The molecule has 0 aliphatic carbocycles. The molecule has 0 aromatic carbocycles. The number of unbranched alkanes of at least 4 members (excludes halogenated alkanes) is 2. The van der Waals surface area contributed by atoms with Gasteiger partial charge in [0.25, 0.3) is 0 Å². The largest absolute Gasteiger partial charge is 0.463 e. The van der Waals surface area contributed by atoms with Crippen LogP contribution in [0.5, 0.6) is 0 Å². The molecule has 0 radical (unpaired) electrons. The number of rotatable bonds is 13. The topological polar surface area (TPSA) is 26.3 Å². The molecule has 0 saturated carbocycles. The van der Waals surface area contributed by atoms with E-state index in [1.165, 1.54) is 43.3 Å². The van der Waals surface area contributed by atoms with Crippen molar-refractivity contribution in [2.75, 3.05) is 18.1 Å². The highest BCUT2D eigenvalue weighted by molar-refractivity contribution is 8.17. The average Bonchev–Trinajstić information content (AvgIpc) is 2.43. The molecule has 0 saturated heterocycles. The molecule has 0 atom stereocenters. The van der Waals surface area contributed by atoms with Gasteiger partial charge in [-0.15, -0.1) is 23.5 Å². The van der Waals surface area contributed by atoms with Gasteiger partial charge in [0.05, 0.1) is 11.2 Å². The molecular weight excluding hydrogens is 276 g/mol. The number of esters is 1. The molecule has 2 nitrogen and oxygen atoms in total. The summed E-state index contributed by atoms with van der Waals surface area (Å²) in [5.74, 6) is 2.17. The number of hydrogen-bond donors (Lipinski definition) is 0. The van der Waals surface area contributed by atoms with Crippen LogP contribution in [0, 0.1) is 0 Å². The highest BCUT2D eigenvalue weighted by atomic mass is 32.2. The van der Waals surface area contributed by atoms with Crippen LogP contribution in [0.15, 0.2) is 12.7 Å². The molecule has 0 aromatic rings. The summed E-state index contributed by atoms with van der Waals surface area (Å²) in [5, 5.41) is 0. The number of thioether (sulfide) groups is 2. The van der Waals surface area contributed by atoms with Gasteiger partial charge in [0.15, 0.2) is 0 Å². The third-order valence-electron chi connectivity index (χ3n) is 2.60. The maximum absolute atomic E-state index is 10.9. The number of ether oxygens (including phenoxy) is 1. The van der Waals surface area contributed by atoms with Crippen LogP contribution in [-0.2, 0) is 9.53 Å². The van der Waals surface area contributed by atoms with Crippen molar-refractivity contribution in [1.29, 1.82) is 0 Å². The Labute approximate surface area is 127 Å². The van der Waals surface area contributed by atoms with E-state index in [0.29, 0.717) is 11.2 Å². The molecule has 0 fully saturated rings. The van der Waals surface area contributed by atoms with Crippen molar-refractivity contribution in [3.8, 4) is 0 Å². The van der Waals surface area contributed by atoms with Crippen molar-refractivity contribution in [2.24, 2.45) is 0 Å². The molecular formula is C15H28O2S2. The van der Waals surface area contributed by atoms with Crippen LogP contribution in [0.25, 0.3) is 0 Å². The van der Waals surface area contributed by atoms with Crippen LogP contribution in [0.2, 0.25) is 0 Å². The van der Waals surface area contributed by atoms with Crippen molar-refractivity contribution in [2.45, 2.75) is 57.0 Å². The minimum Gasteiger partial charge on any atom is -0.463 e. The maximum atomic E-state index is 10.9. The third-order valence-corrected chi connectivity index (χ3v) is 5.68. The van der Waals surface area contributed by atoms with E-state index < -0.39 is 0 Å². The standard InChI is InChI=1S/C15H28O2S2/c1-4-7-12-18-15(19-13-8-5-2)10-9-11-17-14(16)6-3/h6,15H,3-5,7-13H2,1-2H3. The van der Waals surface area contributed by atoms with Gasteiger partial charge in [-0.05, 0) is 37.2 Å². The summed E-state index contributed by atoms with van der Waals surface area (Å²) in [6, 6.07) is 0. The molecule has 0 heterocycles. The third kappa shape index (κ3) is 12.7. The lowest BCUT2D eigenvalue weighted by atomic mass is 10.3. The van der Waals surface area contributed by atoms with Crippen LogP contribution < -0.4 is 0 Å². The van der Waals surface area contributed by atoms with E-state index in [1.54, 1.807) is 0 Å². The molecule has 19 heavy (non-hydrogen) atoms. The minimum atomic E-state index is -0.311. The summed E-state index contributed by atoms with van der Waals surface area (Å²) in [4.78, 5) is 10.9. The highest BCUT2D eigenvalue weighted by Gasteiger charge is 2.09. The van der Waals surface area contributed by atoms with Crippen LogP contribution in [0.3, 0.4) is 0 Å². The lowest BCUT2D eigenvalue weighted by Gasteiger charge is -2.16. The van der Waals surface area contributed by atoms with Crippen LogP contribution in [0.1, 0.15) is 52.4 Å². The first-order valence-electron chi connectivity index (χ1n) is 7.27. The van der Waals surface area contributed by atoms with Crippen molar-refractivity contribution >= 4 is 29.5 Å². The maximum Gasteiger partial charge on any atom is 0.330 e. The Morgan fingerprint density at radius 1 is 1.16 bits per heavy atom. The number of carbonyl (C=O) groups excluding carboxylic acids is 1. The van der Waals surface area contributed by atoms with Gasteiger partial charge < -0.3 is 4.74 Å². The second-order valence-corrected chi connectivity index (χ2v) is 7.31. The SMILES string of the molecule is C=CC(=O)OCCCC(SCCCC)SCCCC. The minimum absolute atomic E-state index is 0.311. The van der Waals surface area contributed by atoms with Crippen molar-refractivity contribution in [3.63, 3.8) is 0 Å². The summed E-state index contributed by atoms with van der Waals surface area (Å²) >= 11 is 4.13. The van der Waals surface area contributed by atoms with Gasteiger partial charge in [-0.25, -0.2) is 4.79 Å². The van der Waals surface area contributed by atoms with E-state index in [2.05, 4.69) is 44.0 Å². The molecule has 0 aliphatic heterocycles. The van der Waals surface area contributed by atoms with Crippen LogP contribution >= 0.6 is 23.5 Å². The summed E-state index contributed by atoms with van der Waals surface area (Å²) in [7, 11) is 0. The Hall–Kier alpha value is -0.0900. The molecule has 0 aliphatic rings. The van der Waals surface area contributed by atoms with Gasteiger partial charge in [-0.2, -0.15) is 0 Å². The second kappa shape index (κ2) is 14.3. The van der Waals surface area contributed by atoms with Crippen LogP contribution in [-0.4, -0.2) is 28.7 Å². The van der Waals surface area contributed by atoms with E-state index in [0.717, 1.165) is 12.8 Å². The van der Waals surface area contributed by atoms with Gasteiger partial charge in [0, 0.05) is 6.08 Å². The normalized spacial score (nSPS) is 10.7. The van der Waals surface area contributed by atoms with Gasteiger partial charge in [0.2, 0.25) is 0 Å². The predicted octanol–water partition coefficient (Wildman–Crippen LogP) is 4.89. The van der Waals surface area contributed by atoms with Crippen molar-refractivity contribution in [3.05, 3.63) is 12.7 Å². The molecule has 4 heteroatoms. The molecule has 0 bridgehead atoms. The molecule has 0 aromatic heterocycles. The fourth-order valence-corrected chi connectivity index (χ4v) is 4.48. The van der Waals surface area contributed by atoms with Gasteiger partial charge in [-0.1, -0.05) is 33.3 Å². The van der Waals surface area contributed by atoms with E-state index >= 15 is 0 Å². The average molecular weight is 305 g/mol. The lowest BCUT2D eigenvalue weighted by molar-refractivity contribution is -0.137. The van der Waals surface area contributed by atoms with Gasteiger partial charge in [-0.3, -0.25) is 0 Å². The Morgan fingerprint density at radius 3 is 2.21 bits per heavy atom. The number of carbonyl (C=O) groups is 1. The Balaban J connectivity index is 3.75. The van der Waals surface area contributed by atoms with Gasteiger partial charge in [0.1, 0.15) is 0 Å². The van der Waals surface area contributed by atoms with E-state index in [4.69, 9.17) is 4.74 Å². The van der Waals surface area contributed by atoms with E-state index in [1.807, 2.05) is 0 Å². The predicted molar refractivity (Wildman–Crippen MR) is 88.9 cm³/mol.